The summed E-state index contributed by atoms with van der Waals surface area (Å²) in [4.78, 5) is 2.68. The third kappa shape index (κ3) is 3.22. The Morgan fingerprint density at radius 3 is 3.00 bits per heavy atom. The minimum absolute atomic E-state index is 0.694. The molecule has 1 aliphatic heterocycles. The van der Waals surface area contributed by atoms with Crippen molar-refractivity contribution in [3.63, 3.8) is 0 Å². The Balaban J connectivity index is 1.58. The zero-order valence-corrected chi connectivity index (χ0v) is 10.3. The molecule has 1 saturated heterocycles. The molecule has 1 saturated carbocycles. The third-order valence-electron chi connectivity index (χ3n) is 3.63. The van der Waals surface area contributed by atoms with Gasteiger partial charge in [-0.3, -0.25) is 4.90 Å². The van der Waals surface area contributed by atoms with Gasteiger partial charge >= 0.3 is 0 Å². The van der Waals surface area contributed by atoms with E-state index < -0.39 is 0 Å². The van der Waals surface area contributed by atoms with E-state index in [1.807, 2.05) is 0 Å². The Bertz CT molecular complexity index is 228. The lowest BCUT2D eigenvalue weighted by molar-refractivity contribution is 0.240. The first-order valence-corrected chi connectivity index (χ1v) is 6.53. The Kier molecular flexibility index (Phi) is 4.24. The van der Waals surface area contributed by atoms with Gasteiger partial charge in [-0.2, -0.15) is 0 Å². The molecule has 0 spiro atoms. The molecule has 0 aromatic rings. The van der Waals surface area contributed by atoms with Gasteiger partial charge in [0.05, 0.1) is 12.9 Å². The van der Waals surface area contributed by atoms with Crippen molar-refractivity contribution in [3.05, 3.63) is 12.8 Å². The van der Waals surface area contributed by atoms with Crippen molar-refractivity contribution < 1.29 is 4.74 Å². The Hall–Kier alpha value is -0.540. The van der Waals surface area contributed by atoms with Crippen LogP contribution in [0, 0.1) is 0 Å². The van der Waals surface area contributed by atoms with Gasteiger partial charge in [0.25, 0.3) is 0 Å². The fraction of sp³-hybridized carbons (Fsp3) is 0.846. The van der Waals surface area contributed by atoms with E-state index in [1.54, 1.807) is 0 Å². The van der Waals surface area contributed by atoms with Crippen LogP contribution in [0.15, 0.2) is 12.8 Å². The van der Waals surface area contributed by atoms with Crippen LogP contribution in [0.25, 0.3) is 0 Å². The lowest BCUT2D eigenvalue weighted by Crippen LogP contribution is -2.34. The summed E-state index contributed by atoms with van der Waals surface area (Å²) in [6.07, 6.45) is 6.74. The van der Waals surface area contributed by atoms with Gasteiger partial charge in [-0.15, -0.1) is 0 Å². The van der Waals surface area contributed by atoms with Gasteiger partial charge < -0.3 is 10.1 Å². The zero-order chi connectivity index (χ0) is 11.4. The van der Waals surface area contributed by atoms with Crippen LogP contribution >= 0.6 is 0 Å². The van der Waals surface area contributed by atoms with Gasteiger partial charge in [-0.1, -0.05) is 6.58 Å². The summed E-state index contributed by atoms with van der Waals surface area (Å²) in [6, 6.07) is 2.37. The number of likely N-dealkylation sites (tertiary alicyclic amines) is 1. The molecule has 1 heterocycles. The van der Waals surface area contributed by atoms with Crippen molar-refractivity contribution in [1.29, 1.82) is 0 Å². The predicted octanol–water partition coefficient (Wildman–Crippen LogP) is 1.75. The van der Waals surface area contributed by atoms with Gasteiger partial charge in [0.15, 0.2) is 0 Å². The molecule has 3 nitrogen and oxygen atoms in total. The average molecular weight is 224 g/mol. The second-order valence-electron chi connectivity index (χ2n) is 5.05. The van der Waals surface area contributed by atoms with Gasteiger partial charge in [0.1, 0.15) is 0 Å². The average Bonchev–Trinajstić information content (AvgIpc) is 3.04. The molecule has 2 atom stereocenters. The maximum absolute atomic E-state index is 5.10. The van der Waals surface area contributed by atoms with Gasteiger partial charge in [-0.05, 0) is 39.2 Å². The molecule has 0 bridgehead atoms. The van der Waals surface area contributed by atoms with Crippen molar-refractivity contribution >= 4 is 0 Å². The van der Waals surface area contributed by atoms with Gasteiger partial charge in [-0.25, -0.2) is 0 Å². The van der Waals surface area contributed by atoms with Crippen LogP contribution in [0.1, 0.15) is 32.6 Å². The highest BCUT2D eigenvalue weighted by Crippen LogP contribution is 2.33. The van der Waals surface area contributed by atoms with E-state index in [0.29, 0.717) is 6.04 Å². The first-order chi connectivity index (χ1) is 7.81. The standard InChI is InChI=1S/C13H24N2O/c1-3-16-8-4-7-14-12-9-11(2)15(10-12)13-5-6-13/h3,11-14H,1,4-10H2,2H3. The smallest absolute Gasteiger partial charge is 0.0885 e. The van der Waals surface area contributed by atoms with Crippen LogP contribution < -0.4 is 5.32 Å². The van der Waals surface area contributed by atoms with Crippen LogP contribution in [0.3, 0.4) is 0 Å². The fourth-order valence-corrected chi connectivity index (χ4v) is 2.66. The fourth-order valence-electron chi connectivity index (χ4n) is 2.66. The number of rotatable bonds is 7. The second kappa shape index (κ2) is 5.69. The molecule has 0 amide bonds. The lowest BCUT2D eigenvalue weighted by atomic mass is 10.2. The summed E-state index contributed by atoms with van der Waals surface area (Å²) >= 11 is 0. The van der Waals surface area contributed by atoms with E-state index >= 15 is 0 Å². The van der Waals surface area contributed by atoms with Gasteiger partial charge in [0, 0.05) is 24.7 Å². The van der Waals surface area contributed by atoms with E-state index in [4.69, 9.17) is 4.74 Å². The van der Waals surface area contributed by atoms with E-state index in [1.165, 1.54) is 32.1 Å². The minimum atomic E-state index is 0.694. The number of hydrogen-bond acceptors (Lipinski definition) is 3. The molecule has 3 heteroatoms. The molecule has 92 valence electrons. The molecule has 2 fully saturated rings. The molecule has 1 aliphatic carbocycles. The van der Waals surface area contributed by atoms with Crippen LogP contribution in [0.2, 0.25) is 0 Å². The lowest BCUT2D eigenvalue weighted by Gasteiger charge is -2.19. The summed E-state index contributed by atoms with van der Waals surface area (Å²) in [5.74, 6) is 0. The number of ether oxygens (including phenoxy) is 1. The second-order valence-corrected chi connectivity index (χ2v) is 5.05. The Labute approximate surface area is 98.8 Å². The van der Waals surface area contributed by atoms with Crippen molar-refractivity contribution in [2.24, 2.45) is 0 Å². The highest BCUT2D eigenvalue weighted by molar-refractivity contribution is 4.95. The molecule has 2 unspecified atom stereocenters. The van der Waals surface area contributed by atoms with Crippen molar-refractivity contribution in [2.75, 3.05) is 19.7 Å². The monoisotopic (exact) mass is 224 g/mol. The van der Waals surface area contributed by atoms with Crippen LogP contribution in [0.4, 0.5) is 0 Å². The number of nitrogens with one attached hydrogen (secondary N) is 1. The quantitative estimate of drug-likeness (QED) is 0.527. The Morgan fingerprint density at radius 2 is 2.31 bits per heavy atom. The molecular weight excluding hydrogens is 200 g/mol. The zero-order valence-electron chi connectivity index (χ0n) is 10.3. The molecular formula is C13H24N2O. The van der Waals surface area contributed by atoms with Crippen molar-refractivity contribution in [2.45, 2.75) is 50.7 Å². The molecule has 16 heavy (non-hydrogen) atoms. The largest absolute Gasteiger partial charge is 0.502 e. The van der Waals surface area contributed by atoms with E-state index in [-0.39, 0.29) is 0 Å². The molecule has 2 rings (SSSR count). The van der Waals surface area contributed by atoms with Crippen molar-refractivity contribution in [3.8, 4) is 0 Å². The maximum Gasteiger partial charge on any atom is 0.0885 e. The van der Waals surface area contributed by atoms with E-state index in [0.717, 1.165) is 31.7 Å². The first kappa shape index (κ1) is 11.9. The Morgan fingerprint density at radius 1 is 1.50 bits per heavy atom. The van der Waals surface area contributed by atoms with Crippen LogP contribution in [-0.2, 0) is 4.74 Å². The normalized spacial score (nSPS) is 30.6. The molecule has 0 aromatic carbocycles. The summed E-state index contributed by atoms with van der Waals surface area (Å²) < 4.78 is 5.10. The minimum Gasteiger partial charge on any atom is -0.502 e. The van der Waals surface area contributed by atoms with Crippen molar-refractivity contribution in [1.82, 2.24) is 10.2 Å². The summed E-state index contributed by atoms with van der Waals surface area (Å²) in [5.41, 5.74) is 0. The van der Waals surface area contributed by atoms with Gasteiger partial charge in [0.2, 0.25) is 0 Å². The number of nitrogens with zero attached hydrogens (tertiary/aromatic N) is 1. The van der Waals surface area contributed by atoms with Crippen LogP contribution in [0.5, 0.6) is 0 Å². The topological polar surface area (TPSA) is 24.5 Å². The van der Waals surface area contributed by atoms with E-state index in [9.17, 15) is 0 Å². The molecule has 0 aromatic heterocycles. The van der Waals surface area contributed by atoms with E-state index in [2.05, 4.69) is 23.7 Å². The highest BCUT2D eigenvalue weighted by Gasteiger charge is 2.38. The summed E-state index contributed by atoms with van der Waals surface area (Å²) in [6.45, 7) is 8.98. The maximum atomic E-state index is 5.10. The third-order valence-corrected chi connectivity index (χ3v) is 3.63. The predicted molar refractivity (Wildman–Crippen MR) is 66.4 cm³/mol. The first-order valence-electron chi connectivity index (χ1n) is 6.53. The molecule has 2 aliphatic rings. The van der Waals surface area contributed by atoms with Crippen LogP contribution in [-0.4, -0.2) is 42.7 Å². The summed E-state index contributed by atoms with van der Waals surface area (Å²) in [5, 5.41) is 3.63. The summed E-state index contributed by atoms with van der Waals surface area (Å²) in [7, 11) is 0. The SMILES string of the molecule is C=COCCCNC1CC(C)N(C2CC2)C1. The molecule has 0 radical (unpaired) electrons. The number of hydrogen-bond donors (Lipinski definition) is 1. The molecule has 1 N–H and O–H groups in total. The highest BCUT2D eigenvalue weighted by atomic mass is 16.5.